The molecule has 0 radical (unpaired) electrons. The van der Waals surface area contributed by atoms with Gasteiger partial charge in [-0.3, -0.25) is 4.72 Å². The zero-order valence-corrected chi connectivity index (χ0v) is 26.2. The summed E-state index contributed by atoms with van der Waals surface area (Å²) >= 11 is 0. The SMILES string of the molecule is CCc1ccc(Oc2ccc(N)cc2F)c(OC)c1.CCc1ccc(Oc2ccc(NS(=O)(=O)CC(F)(F)F)cc2F)c(OC)c1. The Hall–Kier alpha value is -4.72. The Kier molecular flexibility index (Phi) is 12.1. The Labute approximate surface area is 263 Å². The summed E-state index contributed by atoms with van der Waals surface area (Å²) in [5, 5.41) is 0. The molecule has 46 heavy (non-hydrogen) atoms. The molecule has 4 aromatic carbocycles. The third-order valence-electron chi connectivity index (χ3n) is 6.23. The Bertz CT molecular complexity index is 1750. The molecular weight excluding hydrogens is 635 g/mol. The van der Waals surface area contributed by atoms with E-state index in [-0.39, 0.29) is 22.9 Å². The van der Waals surface area contributed by atoms with Crippen LogP contribution in [0.25, 0.3) is 0 Å². The summed E-state index contributed by atoms with van der Waals surface area (Å²) in [7, 11) is -1.72. The average molecular weight is 669 g/mol. The molecule has 8 nitrogen and oxygen atoms in total. The number of rotatable bonds is 11. The minimum Gasteiger partial charge on any atom is -0.493 e. The topological polar surface area (TPSA) is 109 Å². The maximum absolute atomic E-state index is 14.2. The number of nitrogens with two attached hydrogens (primary N) is 1. The Balaban J connectivity index is 0.000000266. The molecule has 0 bridgehead atoms. The minimum atomic E-state index is -4.91. The molecule has 0 aromatic heterocycles. The number of anilines is 2. The summed E-state index contributed by atoms with van der Waals surface area (Å²) in [5.41, 5.74) is 7.61. The number of methoxy groups -OCH3 is 2. The average Bonchev–Trinajstić information content (AvgIpc) is 2.99. The van der Waals surface area contributed by atoms with Gasteiger partial charge < -0.3 is 24.7 Å². The highest BCUT2D eigenvalue weighted by Crippen LogP contribution is 2.35. The molecule has 0 aliphatic rings. The van der Waals surface area contributed by atoms with E-state index in [0.29, 0.717) is 22.9 Å². The molecule has 0 unspecified atom stereocenters. The first-order valence-corrected chi connectivity index (χ1v) is 15.4. The normalized spacial score (nSPS) is 11.2. The van der Waals surface area contributed by atoms with Crippen LogP contribution in [-0.2, 0) is 22.9 Å². The zero-order chi connectivity index (χ0) is 34.1. The van der Waals surface area contributed by atoms with Crippen molar-refractivity contribution >= 4 is 21.4 Å². The predicted octanol–water partition coefficient (Wildman–Crippen LogP) is 8.26. The highest BCUT2D eigenvalue weighted by atomic mass is 32.2. The predicted molar refractivity (Wildman–Crippen MR) is 166 cm³/mol. The number of aryl methyl sites for hydroxylation is 2. The summed E-state index contributed by atoms with van der Waals surface area (Å²) < 4.78 is 111. The summed E-state index contributed by atoms with van der Waals surface area (Å²) in [6.07, 6.45) is -3.25. The molecule has 14 heteroatoms. The number of sulfonamides is 1. The second-order valence-electron chi connectivity index (χ2n) is 9.69. The van der Waals surface area contributed by atoms with Crippen molar-refractivity contribution in [1.82, 2.24) is 0 Å². The van der Waals surface area contributed by atoms with Gasteiger partial charge in [-0.05, 0) is 72.5 Å². The van der Waals surface area contributed by atoms with E-state index in [1.54, 1.807) is 42.2 Å². The van der Waals surface area contributed by atoms with E-state index in [4.69, 9.17) is 24.7 Å². The van der Waals surface area contributed by atoms with Crippen LogP contribution in [0.3, 0.4) is 0 Å². The quantitative estimate of drug-likeness (QED) is 0.122. The number of alkyl halides is 3. The van der Waals surface area contributed by atoms with Crippen molar-refractivity contribution in [2.24, 2.45) is 0 Å². The van der Waals surface area contributed by atoms with Gasteiger partial charge in [0.05, 0.1) is 19.9 Å². The maximum Gasteiger partial charge on any atom is 0.404 e. The standard InChI is InChI=1S/C17H17F4NO4S.C15H16FNO2/c1-3-11-4-6-15(16(8-11)25-2)26-14-7-5-12(9-13(14)18)22-27(23,24)10-17(19,20)21;1-3-10-4-6-14(15(8-10)18-2)19-13-7-5-11(17)9-12(13)16/h4-9,22H,3,10H2,1-2H3;4-9H,3,17H2,1-2H3. The molecule has 0 aliphatic carbocycles. The highest BCUT2D eigenvalue weighted by molar-refractivity contribution is 7.92. The lowest BCUT2D eigenvalue weighted by molar-refractivity contribution is -0.106. The van der Waals surface area contributed by atoms with Gasteiger partial charge in [0.25, 0.3) is 0 Å². The number of hydrogen-bond donors (Lipinski definition) is 2. The molecule has 0 aliphatic heterocycles. The van der Waals surface area contributed by atoms with Crippen molar-refractivity contribution in [3.8, 4) is 34.5 Å². The third-order valence-corrected chi connectivity index (χ3v) is 7.48. The molecule has 0 saturated heterocycles. The molecule has 4 rings (SSSR count). The van der Waals surface area contributed by atoms with Crippen LogP contribution in [0.4, 0.5) is 33.3 Å². The Morgan fingerprint density at radius 2 is 1.13 bits per heavy atom. The summed E-state index contributed by atoms with van der Waals surface area (Å²) in [6.45, 7) is 4.00. The molecule has 3 N–H and O–H groups in total. The van der Waals surface area contributed by atoms with E-state index >= 15 is 0 Å². The molecule has 0 atom stereocenters. The fraction of sp³-hybridized carbons (Fsp3) is 0.250. The van der Waals surface area contributed by atoms with Crippen LogP contribution in [0.2, 0.25) is 0 Å². The van der Waals surface area contributed by atoms with Crippen LogP contribution in [0, 0.1) is 11.6 Å². The van der Waals surface area contributed by atoms with Crippen LogP contribution in [-0.4, -0.2) is 34.6 Å². The van der Waals surface area contributed by atoms with Gasteiger partial charge in [-0.2, -0.15) is 13.2 Å². The van der Waals surface area contributed by atoms with Crippen molar-refractivity contribution in [3.63, 3.8) is 0 Å². The second-order valence-corrected chi connectivity index (χ2v) is 11.4. The van der Waals surface area contributed by atoms with Crippen molar-refractivity contribution in [1.29, 1.82) is 0 Å². The largest absolute Gasteiger partial charge is 0.493 e. The number of nitrogens with one attached hydrogen (secondary N) is 1. The highest BCUT2D eigenvalue weighted by Gasteiger charge is 2.35. The van der Waals surface area contributed by atoms with Crippen LogP contribution in [0.15, 0.2) is 72.8 Å². The molecule has 0 spiro atoms. The summed E-state index contributed by atoms with van der Waals surface area (Å²) in [4.78, 5) is 0. The molecular formula is C32H33F5N2O6S. The number of ether oxygens (including phenoxy) is 4. The van der Waals surface area contributed by atoms with Crippen LogP contribution in [0.5, 0.6) is 34.5 Å². The molecule has 0 heterocycles. The Morgan fingerprint density at radius 3 is 1.54 bits per heavy atom. The number of halogens is 5. The first-order valence-electron chi connectivity index (χ1n) is 13.8. The van der Waals surface area contributed by atoms with Crippen molar-refractivity contribution in [2.75, 3.05) is 30.4 Å². The molecule has 0 saturated carbocycles. The fourth-order valence-electron chi connectivity index (χ4n) is 3.95. The molecule has 0 amide bonds. The molecule has 4 aromatic rings. The lowest BCUT2D eigenvalue weighted by Crippen LogP contribution is -2.27. The van der Waals surface area contributed by atoms with E-state index in [0.717, 1.165) is 42.2 Å². The third kappa shape index (κ3) is 10.4. The van der Waals surface area contributed by atoms with E-state index in [1.165, 1.54) is 19.2 Å². The number of hydrogen-bond acceptors (Lipinski definition) is 7. The van der Waals surface area contributed by atoms with Crippen molar-refractivity contribution in [2.45, 2.75) is 32.9 Å². The lowest BCUT2D eigenvalue weighted by atomic mass is 10.1. The van der Waals surface area contributed by atoms with Crippen LogP contribution < -0.4 is 29.4 Å². The van der Waals surface area contributed by atoms with Crippen molar-refractivity contribution in [3.05, 3.63) is 95.6 Å². The van der Waals surface area contributed by atoms with Gasteiger partial charge >= 0.3 is 6.18 Å². The van der Waals surface area contributed by atoms with E-state index in [9.17, 15) is 30.4 Å². The first-order chi connectivity index (χ1) is 21.7. The van der Waals surface area contributed by atoms with Gasteiger partial charge in [0.15, 0.2) is 51.9 Å². The summed E-state index contributed by atoms with van der Waals surface area (Å²) in [6, 6.07) is 17.9. The molecule has 248 valence electrons. The van der Waals surface area contributed by atoms with E-state index in [1.807, 2.05) is 19.1 Å². The van der Waals surface area contributed by atoms with Crippen molar-refractivity contribution < 1.29 is 49.3 Å². The fourth-order valence-corrected chi connectivity index (χ4v) is 4.94. The van der Waals surface area contributed by atoms with Gasteiger partial charge in [-0.25, -0.2) is 17.2 Å². The zero-order valence-electron chi connectivity index (χ0n) is 25.4. The van der Waals surface area contributed by atoms with Crippen LogP contribution >= 0.6 is 0 Å². The smallest absolute Gasteiger partial charge is 0.404 e. The Morgan fingerprint density at radius 1 is 0.674 bits per heavy atom. The van der Waals surface area contributed by atoms with Gasteiger partial charge in [-0.15, -0.1) is 0 Å². The second kappa shape index (κ2) is 15.5. The molecule has 0 fully saturated rings. The minimum absolute atomic E-state index is 0.122. The van der Waals surface area contributed by atoms with E-state index < -0.39 is 33.6 Å². The lowest BCUT2D eigenvalue weighted by Gasteiger charge is -2.14. The monoisotopic (exact) mass is 668 g/mol. The van der Waals surface area contributed by atoms with Gasteiger partial charge in [-0.1, -0.05) is 26.0 Å². The summed E-state index contributed by atoms with van der Waals surface area (Å²) in [5.74, 6) is -1.97. The van der Waals surface area contributed by atoms with Gasteiger partial charge in [0, 0.05) is 17.8 Å². The van der Waals surface area contributed by atoms with Gasteiger partial charge in [0.1, 0.15) is 0 Å². The van der Waals surface area contributed by atoms with E-state index in [2.05, 4.69) is 6.92 Å². The number of benzene rings is 4. The maximum atomic E-state index is 14.2. The first kappa shape index (κ1) is 35.8. The number of nitrogen functional groups attached to an aromatic ring is 1. The van der Waals surface area contributed by atoms with Crippen LogP contribution in [0.1, 0.15) is 25.0 Å². The van der Waals surface area contributed by atoms with Gasteiger partial charge in [0.2, 0.25) is 10.0 Å².